The van der Waals surface area contributed by atoms with E-state index in [9.17, 15) is 13.2 Å². The van der Waals surface area contributed by atoms with E-state index in [1.165, 1.54) is 0 Å². The Morgan fingerprint density at radius 3 is 2.22 bits per heavy atom. The summed E-state index contributed by atoms with van der Waals surface area (Å²) in [5.74, 6) is 0. The van der Waals surface area contributed by atoms with Gasteiger partial charge in [-0.1, -0.05) is 0 Å². The minimum atomic E-state index is -3.99. The Kier molecular flexibility index (Phi) is 4.55. The Balaban J connectivity index is 3.07. The van der Waals surface area contributed by atoms with Crippen LogP contribution < -0.4 is 3.53 Å². The van der Waals surface area contributed by atoms with Gasteiger partial charge in [0.05, 0.1) is 0 Å². The minimum Gasteiger partial charge on any atom is -0.261 e. The molecule has 0 unspecified atom stereocenters. The quantitative estimate of drug-likeness (QED) is 0.462. The molecule has 0 fully saturated rings. The van der Waals surface area contributed by atoms with Gasteiger partial charge in [0, 0.05) is 35.8 Å². The van der Waals surface area contributed by atoms with Crippen LogP contribution in [0.1, 0.15) is 12.8 Å². The number of nitrogens with one attached hydrogen (secondary N) is 1. The largest absolute Gasteiger partial charge is 0.389 e. The SMILES string of the molecule is FC(F)(F)CCCNI. The van der Waals surface area contributed by atoms with Crippen LogP contribution in [0.2, 0.25) is 0 Å². The second-order valence-corrected chi connectivity index (χ2v) is 2.37. The Morgan fingerprint density at radius 2 is 1.89 bits per heavy atom. The first-order valence-electron chi connectivity index (χ1n) is 2.46. The van der Waals surface area contributed by atoms with E-state index in [0.717, 1.165) is 0 Å². The van der Waals surface area contributed by atoms with Crippen LogP contribution in [0.4, 0.5) is 13.2 Å². The third-order valence-electron chi connectivity index (χ3n) is 0.732. The first-order valence-corrected chi connectivity index (χ1v) is 3.54. The van der Waals surface area contributed by atoms with Gasteiger partial charge in [0.25, 0.3) is 0 Å². The van der Waals surface area contributed by atoms with Crippen LogP contribution in [0.5, 0.6) is 0 Å². The molecule has 0 atom stereocenters. The maximum atomic E-state index is 11.3. The highest BCUT2D eigenvalue weighted by molar-refractivity contribution is 14.1. The molecule has 0 saturated carbocycles. The topological polar surface area (TPSA) is 12.0 Å². The summed E-state index contributed by atoms with van der Waals surface area (Å²) in [6.45, 7) is 0.417. The molecule has 0 aromatic carbocycles. The summed E-state index contributed by atoms with van der Waals surface area (Å²) < 4.78 is 36.7. The van der Waals surface area contributed by atoms with Crippen molar-refractivity contribution < 1.29 is 13.2 Å². The average molecular weight is 253 g/mol. The standard InChI is InChI=1S/C4H7F3IN/c5-4(6,7)2-1-3-9-8/h9H,1-3H2. The van der Waals surface area contributed by atoms with Crippen molar-refractivity contribution in [3.63, 3.8) is 0 Å². The highest BCUT2D eigenvalue weighted by Gasteiger charge is 2.25. The van der Waals surface area contributed by atoms with Gasteiger partial charge in [0.15, 0.2) is 0 Å². The van der Waals surface area contributed by atoms with Crippen molar-refractivity contribution in [2.24, 2.45) is 0 Å². The Bertz CT molecular complexity index is 72.7. The first-order chi connectivity index (χ1) is 4.06. The highest BCUT2D eigenvalue weighted by atomic mass is 127. The van der Waals surface area contributed by atoms with Crippen molar-refractivity contribution in [3.8, 4) is 0 Å². The van der Waals surface area contributed by atoms with E-state index in [1.807, 2.05) is 22.9 Å². The van der Waals surface area contributed by atoms with Crippen molar-refractivity contribution >= 4 is 22.9 Å². The van der Waals surface area contributed by atoms with Gasteiger partial charge >= 0.3 is 6.18 Å². The first kappa shape index (κ1) is 9.48. The van der Waals surface area contributed by atoms with Crippen molar-refractivity contribution in [1.29, 1.82) is 0 Å². The second-order valence-electron chi connectivity index (χ2n) is 1.60. The molecule has 0 rings (SSSR count). The molecule has 0 heterocycles. The molecule has 0 aromatic rings. The van der Waals surface area contributed by atoms with Gasteiger partial charge in [0.1, 0.15) is 0 Å². The number of halogens is 4. The van der Waals surface area contributed by atoms with Crippen molar-refractivity contribution in [1.82, 2.24) is 3.53 Å². The fraction of sp³-hybridized carbons (Fsp3) is 1.00. The van der Waals surface area contributed by atoms with Gasteiger partial charge in [0.2, 0.25) is 0 Å². The smallest absolute Gasteiger partial charge is 0.261 e. The molecule has 0 saturated heterocycles. The molecule has 0 amide bonds. The molecule has 0 spiro atoms. The lowest BCUT2D eigenvalue weighted by molar-refractivity contribution is -0.135. The second kappa shape index (κ2) is 4.32. The van der Waals surface area contributed by atoms with Gasteiger partial charge in [-0.2, -0.15) is 13.2 Å². The Labute approximate surface area is 65.5 Å². The summed E-state index contributed by atoms with van der Waals surface area (Å²) in [6, 6.07) is 0. The molecule has 0 bridgehead atoms. The van der Waals surface area contributed by atoms with E-state index >= 15 is 0 Å². The molecule has 0 aliphatic carbocycles. The lowest BCUT2D eigenvalue weighted by Gasteiger charge is -2.03. The molecule has 0 aliphatic heterocycles. The zero-order chi connectivity index (χ0) is 7.33. The zero-order valence-corrected chi connectivity index (χ0v) is 6.79. The number of hydrogen-bond acceptors (Lipinski definition) is 1. The van der Waals surface area contributed by atoms with E-state index in [-0.39, 0.29) is 6.42 Å². The van der Waals surface area contributed by atoms with Gasteiger partial charge in [-0.15, -0.1) is 0 Å². The molecule has 5 heteroatoms. The van der Waals surface area contributed by atoms with E-state index in [0.29, 0.717) is 6.54 Å². The van der Waals surface area contributed by atoms with Gasteiger partial charge in [-0.05, 0) is 6.42 Å². The summed E-state index contributed by atoms with van der Waals surface area (Å²) >= 11 is 1.82. The van der Waals surface area contributed by atoms with E-state index in [2.05, 4.69) is 3.53 Å². The van der Waals surface area contributed by atoms with Crippen LogP contribution in [0.3, 0.4) is 0 Å². The van der Waals surface area contributed by atoms with Crippen LogP contribution in [-0.2, 0) is 0 Å². The van der Waals surface area contributed by atoms with E-state index < -0.39 is 12.6 Å². The van der Waals surface area contributed by atoms with E-state index in [4.69, 9.17) is 0 Å². The van der Waals surface area contributed by atoms with Crippen LogP contribution in [-0.4, -0.2) is 12.7 Å². The number of rotatable bonds is 3. The fourth-order valence-electron chi connectivity index (χ4n) is 0.356. The van der Waals surface area contributed by atoms with Crippen LogP contribution >= 0.6 is 22.9 Å². The maximum absolute atomic E-state index is 11.3. The normalized spacial score (nSPS) is 12.0. The van der Waals surface area contributed by atoms with Crippen molar-refractivity contribution in [2.75, 3.05) is 6.54 Å². The molecule has 9 heavy (non-hydrogen) atoms. The van der Waals surface area contributed by atoms with Crippen LogP contribution in [0.15, 0.2) is 0 Å². The number of hydrogen-bond donors (Lipinski definition) is 1. The van der Waals surface area contributed by atoms with Crippen LogP contribution in [0.25, 0.3) is 0 Å². The van der Waals surface area contributed by atoms with Gasteiger partial charge in [-0.3, -0.25) is 3.53 Å². The Morgan fingerprint density at radius 1 is 1.33 bits per heavy atom. The van der Waals surface area contributed by atoms with Gasteiger partial charge < -0.3 is 0 Å². The predicted octanol–water partition coefficient (Wildman–Crippen LogP) is 2.27. The third-order valence-corrected chi connectivity index (χ3v) is 1.27. The summed E-state index contributed by atoms with van der Waals surface area (Å²) in [5, 5.41) is 0. The molecular weight excluding hydrogens is 246 g/mol. The predicted molar refractivity (Wildman–Crippen MR) is 37.3 cm³/mol. The minimum absolute atomic E-state index is 0.159. The summed E-state index contributed by atoms with van der Waals surface area (Å²) in [6.07, 6.45) is -4.52. The lowest BCUT2D eigenvalue weighted by Crippen LogP contribution is -2.10. The van der Waals surface area contributed by atoms with Crippen molar-refractivity contribution in [3.05, 3.63) is 0 Å². The molecule has 0 aromatic heterocycles. The summed E-state index contributed by atoms with van der Waals surface area (Å²) in [5.41, 5.74) is 0. The number of alkyl halides is 3. The average Bonchev–Trinajstić information content (AvgIpc) is 1.63. The highest BCUT2D eigenvalue weighted by Crippen LogP contribution is 2.20. The molecule has 0 radical (unpaired) electrons. The summed E-state index contributed by atoms with van der Waals surface area (Å²) in [7, 11) is 0. The third kappa shape index (κ3) is 8.48. The molecule has 56 valence electrons. The van der Waals surface area contributed by atoms with Crippen LogP contribution in [0, 0.1) is 0 Å². The van der Waals surface area contributed by atoms with Gasteiger partial charge in [-0.25, -0.2) is 0 Å². The summed E-state index contributed by atoms with van der Waals surface area (Å²) in [4.78, 5) is 0. The molecule has 1 nitrogen and oxygen atoms in total. The monoisotopic (exact) mass is 253 g/mol. The molecule has 0 aliphatic rings. The molecule has 1 N–H and O–H groups in total. The van der Waals surface area contributed by atoms with Crippen molar-refractivity contribution in [2.45, 2.75) is 19.0 Å². The zero-order valence-electron chi connectivity index (χ0n) is 4.63. The lowest BCUT2D eigenvalue weighted by atomic mass is 10.3. The molecular formula is C4H7F3IN. The maximum Gasteiger partial charge on any atom is 0.389 e. The Hall–Kier alpha value is 0.480. The van der Waals surface area contributed by atoms with E-state index in [1.54, 1.807) is 0 Å². The fourth-order valence-corrected chi connectivity index (χ4v) is 0.737.